The molecule has 4 rings (SSSR count). The quantitative estimate of drug-likeness (QED) is 0.303. The van der Waals surface area contributed by atoms with Gasteiger partial charge in [0.25, 0.3) is 11.6 Å². The molecule has 7 nitrogen and oxygen atoms in total. The van der Waals surface area contributed by atoms with Gasteiger partial charge >= 0.3 is 6.18 Å². The molecule has 2 aromatic carbocycles. The van der Waals surface area contributed by atoms with Crippen LogP contribution in [0.3, 0.4) is 0 Å². The van der Waals surface area contributed by atoms with Crippen LogP contribution in [0.4, 0.5) is 24.5 Å². The van der Waals surface area contributed by atoms with Crippen LogP contribution in [0.15, 0.2) is 75.8 Å². The summed E-state index contributed by atoms with van der Waals surface area (Å²) in [6.07, 6.45) is -3.90. The highest BCUT2D eigenvalue weighted by Crippen LogP contribution is 2.34. The first kappa shape index (κ1) is 21.0. The number of nitrogens with zero attached hydrogens (tertiary/aromatic N) is 3. The normalized spacial score (nSPS) is 15.4. The number of rotatable bonds is 4. The first-order valence-electron chi connectivity index (χ1n) is 9.28. The highest BCUT2D eigenvalue weighted by molar-refractivity contribution is 6.34. The summed E-state index contributed by atoms with van der Waals surface area (Å²) in [6, 6.07) is 15.0. The zero-order valence-electron chi connectivity index (χ0n) is 16.5. The van der Waals surface area contributed by atoms with Crippen molar-refractivity contribution in [1.82, 2.24) is 0 Å². The number of benzene rings is 2. The molecule has 162 valence electrons. The van der Waals surface area contributed by atoms with Crippen molar-refractivity contribution in [2.45, 2.75) is 13.1 Å². The Morgan fingerprint density at radius 2 is 1.78 bits per heavy atom. The lowest BCUT2D eigenvalue weighted by molar-refractivity contribution is -0.385. The molecule has 0 bridgehead atoms. The van der Waals surface area contributed by atoms with E-state index in [-0.39, 0.29) is 22.9 Å². The number of alkyl halides is 3. The molecular formula is C22H14F3N3O4. The molecule has 0 radical (unpaired) electrons. The van der Waals surface area contributed by atoms with Crippen molar-refractivity contribution in [2.24, 2.45) is 5.10 Å². The van der Waals surface area contributed by atoms with Crippen LogP contribution in [0.1, 0.15) is 11.3 Å². The van der Waals surface area contributed by atoms with Gasteiger partial charge in [-0.25, -0.2) is 0 Å². The van der Waals surface area contributed by atoms with Gasteiger partial charge in [0.2, 0.25) is 0 Å². The molecule has 0 fully saturated rings. The minimum Gasteiger partial charge on any atom is -0.457 e. The van der Waals surface area contributed by atoms with E-state index in [9.17, 15) is 28.1 Å². The molecule has 0 aliphatic carbocycles. The van der Waals surface area contributed by atoms with Crippen molar-refractivity contribution in [3.8, 4) is 11.3 Å². The fourth-order valence-corrected chi connectivity index (χ4v) is 3.30. The first-order chi connectivity index (χ1) is 15.2. The third-order valence-electron chi connectivity index (χ3n) is 4.83. The largest absolute Gasteiger partial charge is 0.457 e. The number of carbonyl (C=O) groups is 1. The minimum absolute atomic E-state index is 0.0267. The topological polar surface area (TPSA) is 89.0 Å². The molecule has 1 aliphatic rings. The van der Waals surface area contributed by atoms with E-state index in [2.05, 4.69) is 5.10 Å². The molecule has 0 unspecified atom stereocenters. The van der Waals surface area contributed by atoms with E-state index in [1.165, 1.54) is 36.4 Å². The Balaban J connectivity index is 1.74. The Bertz CT molecular complexity index is 1280. The number of amides is 1. The average Bonchev–Trinajstić information content (AvgIpc) is 3.34. The molecule has 0 atom stereocenters. The number of hydrogen-bond donors (Lipinski definition) is 0. The summed E-state index contributed by atoms with van der Waals surface area (Å²) in [5.74, 6) is -0.761. The summed E-state index contributed by atoms with van der Waals surface area (Å²) in [5.41, 5.74) is -1.17. The molecule has 0 spiro atoms. The number of halogens is 3. The number of anilines is 1. The van der Waals surface area contributed by atoms with Crippen molar-refractivity contribution in [1.29, 1.82) is 0 Å². The molecule has 2 heterocycles. The first-order valence-corrected chi connectivity index (χ1v) is 9.28. The standard InChI is InChI=1S/C22H14F3N3O4/c1-13-16(8-5-9-18(13)28(30)31)19-11-10-15(32-19)12-17-20(22(23,24)25)26-27(21(17)29)14-6-3-2-4-7-14/h2-12H,1H3/b17-12-. The van der Waals surface area contributed by atoms with Crippen molar-refractivity contribution < 1.29 is 27.3 Å². The maximum absolute atomic E-state index is 13.6. The van der Waals surface area contributed by atoms with Crippen molar-refractivity contribution in [3.05, 3.63) is 87.7 Å². The summed E-state index contributed by atoms with van der Waals surface area (Å²) in [7, 11) is 0. The van der Waals surface area contributed by atoms with Crippen LogP contribution >= 0.6 is 0 Å². The Kier molecular flexibility index (Phi) is 5.13. The van der Waals surface area contributed by atoms with Crippen molar-refractivity contribution in [2.75, 3.05) is 5.01 Å². The fraction of sp³-hybridized carbons (Fsp3) is 0.0909. The average molecular weight is 441 g/mol. The Morgan fingerprint density at radius 1 is 1.06 bits per heavy atom. The predicted molar refractivity (Wildman–Crippen MR) is 111 cm³/mol. The second-order valence-electron chi connectivity index (χ2n) is 6.87. The summed E-state index contributed by atoms with van der Waals surface area (Å²) in [4.78, 5) is 23.4. The third-order valence-corrected chi connectivity index (χ3v) is 4.83. The van der Waals surface area contributed by atoms with Gasteiger partial charge in [-0.05, 0) is 37.3 Å². The Hall–Kier alpha value is -4.21. The van der Waals surface area contributed by atoms with Gasteiger partial charge in [0, 0.05) is 17.2 Å². The fourth-order valence-electron chi connectivity index (χ4n) is 3.30. The lowest BCUT2D eigenvalue weighted by atomic mass is 10.1. The zero-order valence-corrected chi connectivity index (χ0v) is 16.5. The second kappa shape index (κ2) is 7.80. The van der Waals surface area contributed by atoms with E-state index < -0.39 is 28.3 Å². The van der Waals surface area contributed by atoms with E-state index in [0.717, 1.165) is 6.08 Å². The van der Waals surface area contributed by atoms with Gasteiger partial charge in [0.15, 0.2) is 5.71 Å². The molecule has 0 N–H and O–H groups in total. The maximum Gasteiger partial charge on any atom is 0.435 e. The number of furan rings is 1. The molecule has 0 saturated heterocycles. The number of nitro groups is 1. The van der Waals surface area contributed by atoms with Gasteiger partial charge in [0.1, 0.15) is 11.5 Å². The third kappa shape index (κ3) is 3.78. The van der Waals surface area contributed by atoms with Crippen LogP contribution < -0.4 is 5.01 Å². The van der Waals surface area contributed by atoms with E-state index in [0.29, 0.717) is 16.1 Å². The monoisotopic (exact) mass is 441 g/mol. The highest BCUT2D eigenvalue weighted by atomic mass is 19.4. The lowest BCUT2D eigenvalue weighted by Crippen LogP contribution is -2.25. The summed E-state index contributed by atoms with van der Waals surface area (Å²) >= 11 is 0. The smallest absolute Gasteiger partial charge is 0.435 e. The maximum atomic E-state index is 13.6. The van der Waals surface area contributed by atoms with Gasteiger partial charge in [-0.3, -0.25) is 14.9 Å². The molecule has 32 heavy (non-hydrogen) atoms. The molecule has 0 saturated carbocycles. The number of para-hydroxylation sites is 1. The molecule has 3 aromatic rings. The SMILES string of the molecule is Cc1c(-c2ccc(/C=C3\C(=O)N(c4ccccc4)N=C3C(F)(F)F)o2)cccc1[N+](=O)[O-]. The van der Waals surface area contributed by atoms with Crippen LogP contribution in [-0.4, -0.2) is 22.7 Å². The van der Waals surface area contributed by atoms with Gasteiger partial charge in [0.05, 0.1) is 16.2 Å². The van der Waals surface area contributed by atoms with Crippen LogP contribution in [0.2, 0.25) is 0 Å². The van der Waals surface area contributed by atoms with E-state index in [1.54, 1.807) is 31.2 Å². The molecular weight excluding hydrogens is 427 g/mol. The van der Waals surface area contributed by atoms with Crippen LogP contribution in [0.25, 0.3) is 17.4 Å². The molecule has 10 heteroatoms. The predicted octanol–water partition coefficient (Wildman–Crippen LogP) is 5.51. The van der Waals surface area contributed by atoms with Gasteiger partial charge in [-0.2, -0.15) is 23.3 Å². The van der Waals surface area contributed by atoms with E-state index >= 15 is 0 Å². The molecule has 1 amide bonds. The van der Waals surface area contributed by atoms with Crippen LogP contribution in [0.5, 0.6) is 0 Å². The zero-order chi connectivity index (χ0) is 23.0. The van der Waals surface area contributed by atoms with Gasteiger partial charge < -0.3 is 4.42 Å². The molecule has 1 aromatic heterocycles. The second-order valence-corrected chi connectivity index (χ2v) is 6.87. The number of hydrogen-bond acceptors (Lipinski definition) is 5. The van der Waals surface area contributed by atoms with Gasteiger partial charge in [-0.1, -0.05) is 30.3 Å². The minimum atomic E-state index is -4.86. The van der Waals surface area contributed by atoms with Crippen molar-refractivity contribution >= 4 is 29.1 Å². The van der Waals surface area contributed by atoms with Crippen LogP contribution in [0, 0.1) is 17.0 Å². The van der Waals surface area contributed by atoms with Gasteiger partial charge in [-0.15, -0.1) is 0 Å². The highest BCUT2D eigenvalue weighted by Gasteiger charge is 2.47. The summed E-state index contributed by atoms with van der Waals surface area (Å²) < 4.78 is 46.3. The summed E-state index contributed by atoms with van der Waals surface area (Å²) in [5, 5.41) is 15.3. The van der Waals surface area contributed by atoms with E-state index in [1.807, 2.05) is 0 Å². The Morgan fingerprint density at radius 3 is 2.44 bits per heavy atom. The summed E-state index contributed by atoms with van der Waals surface area (Å²) in [6.45, 7) is 1.54. The lowest BCUT2D eigenvalue weighted by Gasteiger charge is -2.10. The number of hydrazone groups is 1. The van der Waals surface area contributed by atoms with Crippen molar-refractivity contribution in [3.63, 3.8) is 0 Å². The van der Waals surface area contributed by atoms with Crippen LogP contribution in [-0.2, 0) is 4.79 Å². The van der Waals surface area contributed by atoms with E-state index in [4.69, 9.17) is 4.42 Å². The number of nitro benzene ring substituents is 1. The molecule has 1 aliphatic heterocycles. The number of carbonyl (C=O) groups excluding carboxylic acids is 1. The Labute approximate surface area is 179 Å².